The van der Waals surface area contributed by atoms with E-state index < -0.39 is 0 Å². The number of rotatable bonds is 1. The molecule has 1 aliphatic rings. The molecular weight excluding hydrogens is 352 g/mol. The highest BCUT2D eigenvalue weighted by atomic mass is 79.9. The lowest BCUT2D eigenvalue weighted by Gasteiger charge is -2.26. The van der Waals surface area contributed by atoms with E-state index in [0.717, 1.165) is 8.95 Å². The van der Waals surface area contributed by atoms with Crippen LogP contribution in [0.4, 0.5) is 0 Å². The van der Waals surface area contributed by atoms with Crippen molar-refractivity contribution >= 4 is 43.7 Å². The summed E-state index contributed by atoms with van der Waals surface area (Å²) in [5.41, 5.74) is 0.570. The lowest BCUT2D eigenvalue weighted by molar-refractivity contribution is -0.123. The summed E-state index contributed by atoms with van der Waals surface area (Å²) < 4.78 is 1.66. The topological polar surface area (TPSA) is 49.4 Å². The highest BCUT2D eigenvalue weighted by Gasteiger charge is 2.22. The van der Waals surface area contributed by atoms with Crippen LogP contribution in [0.1, 0.15) is 10.4 Å². The zero-order chi connectivity index (χ0) is 12.4. The van der Waals surface area contributed by atoms with Gasteiger partial charge in [0.1, 0.15) is 0 Å². The highest BCUT2D eigenvalue weighted by Crippen LogP contribution is 2.21. The number of nitrogens with one attached hydrogen (secondary N) is 1. The molecule has 0 unspecified atom stereocenters. The van der Waals surface area contributed by atoms with Crippen LogP contribution in [-0.2, 0) is 4.79 Å². The second kappa shape index (κ2) is 5.18. The number of carbonyl (C=O) groups is 2. The first-order chi connectivity index (χ1) is 8.06. The lowest BCUT2D eigenvalue weighted by Crippen LogP contribution is -2.49. The second-order valence-corrected chi connectivity index (χ2v) is 5.57. The molecule has 1 saturated heterocycles. The summed E-state index contributed by atoms with van der Waals surface area (Å²) in [6.45, 7) is 1.19. The van der Waals surface area contributed by atoms with E-state index in [1.165, 1.54) is 0 Å². The van der Waals surface area contributed by atoms with Gasteiger partial charge in [0.2, 0.25) is 5.91 Å². The molecule has 17 heavy (non-hydrogen) atoms. The molecule has 1 N–H and O–H groups in total. The minimum Gasteiger partial charge on any atom is -0.353 e. The lowest BCUT2D eigenvalue weighted by atomic mass is 10.2. The molecule has 0 radical (unpaired) electrons. The van der Waals surface area contributed by atoms with Crippen LogP contribution >= 0.6 is 31.9 Å². The molecule has 6 heteroatoms. The summed E-state index contributed by atoms with van der Waals surface area (Å²) in [5.74, 6) is -0.236. The Balaban J connectivity index is 2.21. The molecule has 2 amide bonds. The smallest absolute Gasteiger partial charge is 0.254 e. The minimum absolute atomic E-state index is 0.112. The maximum Gasteiger partial charge on any atom is 0.254 e. The molecule has 4 nitrogen and oxygen atoms in total. The van der Waals surface area contributed by atoms with Gasteiger partial charge >= 0.3 is 0 Å². The molecule has 1 heterocycles. The van der Waals surface area contributed by atoms with Gasteiger partial charge in [0.25, 0.3) is 5.91 Å². The van der Waals surface area contributed by atoms with Crippen molar-refractivity contribution in [1.29, 1.82) is 0 Å². The van der Waals surface area contributed by atoms with Crippen LogP contribution in [0.25, 0.3) is 0 Å². The fraction of sp³-hybridized carbons (Fsp3) is 0.273. The largest absolute Gasteiger partial charge is 0.353 e. The number of nitrogens with zero attached hydrogens (tertiary/aromatic N) is 1. The van der Waals surface area contributed by atoms with E-state index in [-0.39, 0.29) is 18.4 Å². The molecule has 1 fully saturated rings. The summed E-state index contributed by atoms with van der Waals surface area (Å²) in [6, 6.07) is 5.36. The molecule has 0 aliphatic carbocycles. The average molecular weight is 362 g/mol. The molecule has 0 spiro atoms. The first-order valence-corrected chi connectivity index (χ1v) is 6.67. The predicted octanol–water partition coefficient (Wildman–Crippen LogP) is 1.78. The number of piperazine rings is 1. The Morgan fingerprint density at radius 3 is 2.47 bits per heavy atom. The van der Waals surface area contributed by atoms with Crippen LogP contribution in [0.5, 0.6) is 0 Å². The van der Waals surface area contributed by atoms with Crippen molar-refractivity contribution in [1.82, 2.24) is 10.2 Å². The van der Waals surface area contributed by atoms with E-state index in [4.69, 9.17) is 0 Å². The normalized spacial score (nSPS) is 15.6. The van der Waals surface area contributed by atoms with Crippen LogP contribution in [0.15, 0.2) is 27.1 Å². The first kappa shape index (κ1) is 12.6. The number of amides is 2. The van der Waals surface area contributed by atoms with Gasteiger partial charge in [0.15, 0.2) is 0 Å². The molecule has 1 aromatic carbocycles. The Hall–Kier alpha value is -0.880. The molecule has 1 aliphatic heterocycles. The van der Waals surface area contributed by atoms with Gasteiger partial charge < -0.3 is 10.2 Å². The van der Waals surface area contributed by atoms with Gasteiger partial charge in [-0.15, -0.1) is 0 Å². The number of carbonyl (C=O) groups excluding carboxylic acids is 2. The van der Waals surface area contributed by atoms with Crippen LogP contribution in [0, 0.1) is 0 Å². The van der Waals surface area contributed by atoms with Crippen molar-refractivity contribution in [3.8, 4) is 0 Å². The fourth-order valence-corrected chi connectivity index (χ4v) is 2.97. The second-order valence-electron chi connectivity index (χ2n) is 3.73. The summed E-state index contributed by atoms with van der Waals surface area (Å²) in [6.07, 6.45) is 0. The molecule has 0 saturated carbocycles. The Labute approximate surface area is 116 Å². The first-order valence-electron chi connectivity index (χ1n) is 5.08. The van der Waals surface area contributed by atoms with Gasteiger partial charge in [0.05, 0.1) is 6.54 Å². The Morgan fingerprint density at radius 1 is 1.24 bits per heavy atom. The summed E-state index contributed by atoms with van der Waals surface area (Å²) in [4.78, 5) is 24.9. The van der Waals surface area contributed by atoms with Crippen molar-refractivity contribution in [2.24, 2.45) is 0 Å². The van der Waals surface area contributed by atoms with Crippen molar-refractivity contribution in [3.63, 3.8) is 0 Å². The zero-order valence-corrected chi connectivity index (χ0v) is 12.0. The standard InChI is InChI=1S/C11H10Br2N2O2/c12-8-3-7(4-9(13)5-8)11(17)15-2-1-14-10(16)6-15/h3-5H,1-2,6H2,(H,14,16). The van der Waals surface area contributed by atoms with Gasteiger partial charge in [-0.25, -0.2) is 0 Å². The van der Waals surface area contributed by atoms with Crippen molar-refractivity contribution in [2.75, 3.05) is 19.6 Å². The Kier molecular flexibility index (Phi) is 3.83. The van der Waals surface area contributed by atoms with E-state index in [1.807, 2.05) is 6.07 Å². The van der Waals surface area contributed by atoms with Gasteiger partial charge in [-0.1, -0.05) is 31.9 Å². The monoisotopic (exact) mass is 360 g/mol. The van der Waals surface area contributed by atoms with E-state index in [0.29, 0.717) is 18.7 Å². The molecule has 0 atom stereocenters. The summed E-state index contributed by atoms with van der Waals surface area (Å²) in [5, 5.41) is 2.69. The van der Waals surface area contributed by atoms with Crippen LogP contribution in [0.3, 0.4) is 0 Å². The SMILES string of the molecule is O=C1CN(C(=O)c2cc(Br)cc(Br)c2)CCN1. The molecule has 0 bridgehead atoms. The Morgan fingerprint density at radius 2 is 1.88 bits per heavy atom. The van der Waals surface area contributed by atoms with Crippen LogP contribution in [0.2, 0.25) is 0 Å². The zero-order valence-electron chi connectivity index (χ0n) is 8.87. The molecular formula is C11H10Br2N2O2. The quantitative estimate of drug-likeness (QED) is 0.828. The molecule has 0 aromatic heterocycles. The number of benzene rings is 1. The van der Waals surface area contributed by atoms with Gasteiger partial charge in [-0.05, 0) is 18.2 Å². The van der Waals surface area contributed by atoms with E-state index in [2.05, 4.69) is 37.2 Å². The minimum atomic E-state index is -0.123. The molecule has 90 valence electrons. The summed E-state index contributed by atoms with van der Waals surface area (Å²) >= 11 is 6.67. The maximum absolute atomic E-state index is 12.2. The average Bonchev–Trinajstić information content (AvgIpc) is 2.26. The van der Waals surface area contributed by atoms with Crippen molar-refractivity contribution in [3.05, 3.63) is 32.7 Å². The highest BCUT2D eigenvalue weighted by molar-refractivity contribution is 9.11. The number of halogens is 2. The third-order valence-electron chi connectivity index (χ3n) is 2.44. The van der Waals surface area contributed by atoms with E-state index in [1.54, 1.807) is 17.0 Å². The summed E-state index contributed by atoms with van der Waals surface area (Å²) in [7, 11) is 0. The predicted molar refractivity (Wildman–Crippen MR) is 70.8 cm³/mol. The molecule has 2 rings (SSSR count). The fourth-order valence-electron chi connectivity index (χ4n) is 1.67. The third-order valence-corrected chi connectivity index (χ3v) is 3.35. The number of hydrogen-bond acceptors (Lipinski definition) is 2. The molecule has 1 aromatic rings. The Bertz CT molecular complexity index is 456. The van der Waals surface area contributed by atoms with Gasteiger partial charge in [-0.3, -0.25) is 9.59 Å². The van der Waals surface area contributed by atoms with Crippen LogP contribution in [-0.4, -0.2) is 36.3 Å². The van der Waals surface area contributed by atoms with Crippen molar-refractivity contribution < 1.29 is 9.59 Å². The van der Waals surface area contributed by atoms with Gasteiger partial charge in [0, 0.05) is 27.6 Å². The van der Waals surface area contributed by atoms with Gasteiger partial charge in [-0.2, -0.15) is 0 Å². The van der Waals surface area contributed by atoms with E-state index in [9.17, 15) is 9.59 Å². The maximum atomic E-state index is 12.2. The van der Waals surface area contributed by atoms with E-state index >= 15 is 0 Å². The number of hydrogen-bond donors (Lipinski definition) is 1. The third kappa shape index (κ3) is 3.07. The van der Waals surface area contributed by atoms with Crippen molar-refractivity contribution in [2.45, 2.75) is 0 Å². The van der Waals surface area contributed by atoms with Crippen LogP contribution < -0.4 is 5.32 Å².